The molecule has 3 rings (SSSR count). The van der Waals surface area contributed by atoms with Crippen LogP contribution < -0.4 is 4.74 Å². The van der Waals surface area contributed by atoms with Crippen molar-refractivity contribution in [2.24, 2.45) is 0 Å². The van der Waals surface area contributed by atoms with Crippen LogP contribution in [0.2, 0.25) is 0 Å². The molecule has 4 nitrogen and oxygen atoms in total. The predicted molar refractivity (Wildman–Crippen MR) is 81.8 cm³/mol. The summed E-state index contributed by atoms with van der Waals surface area (Å²) in [5.41, 5.74) is 4.72. The maximum Gasteiger partial charge on any atom is 0.155 e. The van der Waals surface area contributed by atoms with E-state index in [0.29, 0.717) is 0 Å². The van der Waals surface area contributed by atoms with E-state index in [4.69, 9.17) is 17.0 Å². The molecule has 0 atom stereocenters. The number of aromatic nitrogens is 3. The molecule has 102 valence electrons. The topological polar surface area (TPSA) is 42.3 Å². The third-order valence-electron chi connectivity index (χ3n) is 3.48. The van der Waals surface area contributed by atoms with Gasteiger partial charge in [-0.1, -0.05) is 24.4 Å². The molecular weight excluding hydrogens is 270 g/mol. The van der Waals surface area contributed by atoms with Crippen LogP contribution >= 0.6 is 12.2 Å². The second-order valence-corrected chi connectivity index (χ2v) is 5.08. The van der Waals surface area contributed by atoms with Crippen molar-refractivity contribution in [3.63, 3.8) is 0 Å². The molecule has 0 aliphatic carbocycles. The molecular formula is C15H15N3OS. The van der Waals surface area contributed by atoms with E-state index < -0.39 is 0 Å². The number of methoxy groups -OCH3 is 1. The number of hydrogen-bond acceptors (Lipinski definition) is 3. The monoisotopic (exact) mass is 285 g/mol. The summed E-state index contributed by atoms with van der Waals surface area (Å²) in [5, 5.41) is 3.29. The van der Waals surface area contributed by atoms with Crippen molar-refractivity contribution >= 4 is 17.9 Å². The van der Waals surface area contributed by atoms with Crippen molar-refractivity contribution in [3.8, 4) is 17.0 Å². The minimum Gasteiger partial charge on any atom is -0.496 e. The standard InChI is InChI=1S/C15H15N3OS/c1-9-10(2)16-14-8-12(17-18(14)15(9)20)11-6-4-5-7-13(11)19-3/h4-8,17H,1-3H3. The SMILES string of the molecule is COc1ccccc1-c1cc2nc(C)c(C)c(=S)n2[nH]1. The van der Waals surface area contributed by atoms with Gasteiger partial charge in [0.25, 0.3) is 0 Å². The van der Waals surface area contributed by atoms with Gasteiger partial charge in [-0.2, -0.15) is 0 Å². The Morgan fingerprint density at radius 1 is 1.25 bits per heavy atom. The molecule has 0 amide bonds. The molecule has 1 N–H and O–H groups in total. The van der Waals surface area contributed by atoms with Crippen LogP contribution in [0.1, 0.15) is 11.3 Å². The number of para-hydroxylation sites is 1. The number of nitrogens with zero attached hydrogens (tertiary/aromatic N) is 2. The van der Waals surface area contributed by atoms with Gasteiger partial charge in [-0.15, -0.1) is 0 Å². The summed E-state index contributed by atoms with van der Waals surface area (Å²) in [4.78, 5) is 4.56. The van der Waals surface area contributed by atoms with E-state index in [1.54, 1.807) is 7.11 Å². The highest BCUT2D eigenvalue weighted by atomic mass is 32.1. The van der Waals surface area contributed by atoms with E-state index in [9.17, 15) is 0 Å². The first-order valence-electron chi connectivity index (χ1n) is 6.34. The first-order chi connectivity index (χ1) is 9.61. The number of nitrogens with one attached hydrogen (secondary N) is 1. The van der Waals surface area contributed by atoms with Crippen molar-refractivity contribution in [1.29, 1.82) is 0 Å². The van der Waals surface area contributed by atoms with Crippen LogP contribution in [-0.4, -0.2) is 21.7 Å². The van der Waals surface area contributed by atoms with Crippen LogP contribution in [0.5, 0.6) is 5.75 Å². The zero-order valence-corrected chi connectivity index (χ0v) is 12.4. The predicted octanol–water partition coefficient (Wildman–Crippen LogP) is 3.68. The number of fused-ring (bicyclic) bond motifs is 1. The molecule has 0 fully saturated rings. The maximum atomic E-state index is 5.47. The van der Waals surface area contributed by atoms with E-state index >= 15 is 0 Å². The van der Waals surface area contributed by atoms with Gasteiger partial charge in [0.1, 0.15) is 10.4 Å². The number of aromatic amines is 1. The average molecular weight is 285 g/mol. The van der Waals surface area contributed by atoms with Crippen molar-refractivity contribution in [2.75, 3.05) is 7.11 Å². The number of H-pyrrole nitrogens is 1. The Hall–Kier alpha value is -2.14. The molecule has 0 aliphatic heterocycles. The zero-order valence-electron chi connectivity index (χ0n) is 11.6. The van der Waals surface area contributed by atoms with Gasteiger partial charge in [0.2, 0.25) is 0 Å². The second kappa shape index (κ2) is 4.76. The lowest BCUT2D eigenvalue weighted by Gasteiger charge is -2.05. The number of rotatable bonds is 2. The molecule has 0 bridgehead atoms. The van der Waals surface area contributed by atoms with Gasteiger partial charge >= 0.3 is 0 Å². The normalized spacial score (nSPS) is 10.9. The molecule has 5 heteroatoms. The molecule has 0 spiro atoms. The van der Waals surface area contributed by atoms with Crippen LogP contribution in [-0.2, 0) is 0 Å². The smallest absolute Gasteiger partial charge is 0.155 e. The van der Waals surface area contributed by atoms with E-state index in [0.717, 1.165) is 38.6 Å². The Balaban J connectivity index is 2.29. The summed E-state index contributed by atoms with van der Waals surface area (Å²) in [6.07, 6.45) is 0. The summed E-state index contributed by atoms with van der Waals surface area (Å²) in [5.74, 6) is 0.819. The van der Waals surface area contributed by atoms with Crippen LogP contribution in [0.15, 0.2) is 30.3 Å². The van der Waals surface area contributed by atoms with Crippen molar-refractivity contribution in [1.82, 2.24) is 14.6 Å². The van der Waals surface area contributed by atoms with Crippen molar-refractivity contribution < 1.29 is 4.74 Å². The largest absolute Gasteiger partial charge is 0.496 e. The number of aryl methyl sites for hydroxylation is 1. The van der Waals surface area contributed by atoms with E-state index in [2.05, 4.69) is 10.1 Å². The summed E-state index contributed by atoms with van der Waals surface area (Å²) in [6.45, 7) is 3.96. The summed E-state index contributed by atoms with van der Waals surface area (Å²) >= 11 is 5.47. The highest BCUT2D eigenvalue weighted by Crippen LogP contribution is 2.29. The van der Waals surface area contributed by atoms with Crippen molar-refractivity contribution in [2.45, 2.75) is 13.8 Å². The van der Waals surface area contributed by atoms with Crippen LogP contribution in [0.25, 0.3) is 16.9 Å². The highest BCUT2D eigenvalue weighted by Gasteiger charge is 2.10. The Morgan fingerprint density at radius 3 is 2.75 bits per heavy atom. The van der Waals surface area contributed by atoms with Gasteiger partial charge in [0.15, 0.2) is 5.65 Å². The minimum atomic E-state index is 0.758. The van der Waals surface area contributed by atoms with Crippen LogP contribution in [0.3, 0.4) is 0 Å². The molecule has 20 heavy (non-hydrogen) atoms. The third-order valence-corrected chi connectivity index (χ3v) is 3.97. The lowest BCUT2D eigenvalue weighted by atomic mass is 10.1. The summed E-state index contributed by atoms with van der Waals surface area (Å²) < 4.78 is 7.99. The fourth-order valence-electron chi connectivity index (χ4n) is 2.22. The Morgan fingerprint density at radius 2 is 2.00 bits per heavy atom. The summed E-state index contributed by atoms with van der Waals surface area (Å²) in [7, 11) is 1.67. The molecule has 0 saturated carbocycles. The van der Waals surface area contributed by atoms with Gasteiger partial charge in [-0.25, -0.2) is 9.50 Å². The first-order valence-corrected chi connectivity index (χ1v) is 6.75. The average Bonchev–Trinajstić information content (AvgIpc) is 2.88. The molecule has 3 aromatic rings. The van der Waals surface area contributed by atoms with Crippen LogP contribution in [0, 0.1) is 18.5 Å². The van der Waals surface area contributed by atoms with E-state index in [1.165, 1.54) is 0 Å². The number of benzene rings is 1. The quantitative estimate of drug-likeness (QED) is 0.730. The van der Waals surface area contributed by atoms with Crippen molar-refractivity contribution in [3.05, 3.63) is 46.2 Å². The lowest BCUT2D eigenvalue weighted by molar-refractivity contribution is 0.416. The Labute approximate surface area is 122 Å². The Kier molecular flexibility index (Phi) is 3.06. The molecule has 2 heterocycles. The highest BCUT2D eigenvalue weighted by molar-refractivity contribution is 7.71. The minimum absolute atomic E-state index is 0.758. The van der Waals surface area contributed by atoms with E-state index in [1.807, 2.05) is 48.7 Å². The summed E-state index contributed by atoms with van der Waals surface area (Å²) in [6, 6.07) is 9.85. The van der Waals surface area contributed by atoms with E-state index in [-0.39, 0.29) is 0 Å². The third kappa shape index (κ3) is 1.91. The molecule has 0 saturated heterocycles. The van der Waals surface area contributed by atoms with Gasteiger partial charge in [0, 0.05) is 22.9 Å². The maximum absolute atomic E-state index is 5.47. The lowest BCUT2D eigenvalue weighted by Crippen LogP contribution is -1.98. The van der Waals surface area contributed by atoms with Gasteiger partial charge < -0.3 is 4.74 Å². The molecule has 0 unspecified atom stereocenters. The molecule has 2 aromatic heterocycles. The fraction of sp³-hybridized carbons (Fsp3) is 0.200. The first kappa shape index (κ1) is 12.9. The zero-order chi connectivity index (χ0) is 14.3. The van der Waals surface area contributed by atoms with Gasteiger partial charge in [-0.05, 0) is 26.0 Å². The number of hydrogen-bond donors (Lipinski definition) is 1. The second-order valence-electron chi connectivity index (χ2n) is 4.69. The van der Waals surface area contributed by atoms with Gasteiger partial charge in [-0.3, -0.25) is 5.10 Å². The molecule has 1 aromatic carbocycles. The fourth-order valence-corrected chi connectivity index (χ4v) is 2.51. The number of ether oxygens (including phenoxy) is 1. The van der Waals surface area contributed by atoms with Gasteiger partial charge in [0.05, 0.1) is 12.8 Å². The Bertz CT molecular complexity index is 848. The van der Waals surface area contributed by atoms with Crippen LogP contribution in [0.4, 0.5) is 0 Å². The molecule has 0 aliphatic rings. The molecule has 0 radical (unpaired) electrons.